The van der Waals surface area contributed by atoms with Crippen molar-refractivity contribution < 1.29 is 14.3 Å². The first-order valence-corrected chi connectivity index (χ1v) is 11.7. The van der Waals surface area contributed by atoms with E-state index in [0.717, 1.165) is 42.1 Å². The molecular weight excluding hydrogens is 456 g/mol. The molecule has 0 spiro atoms. The summed E-state index contributed by atoms with van der Waals surface area (Å²) in [6.07, 6.45) is 6.38. The van der Waals surface area contributed by atoms with Crippen LogP contribution in [-0.4, -0.2) is 41.9 Å². The van der Waals surface area contributed by atoms with Gasteiger partial charge >= 0.3 is 0 Å². The molecule has 1 N–H and O–H groups in total. The molecule has 1 aliphatic heterocycles. The van der Waals surface area contributed by atoms with Crippen LogP contribution < -0.4 is 5.32 Å². The van der Waals surface area contributed by atoms with Crippen LogP contribution in [0.1, 0.15) is 36.8 Å². The zero-order valence-electron chi connectivity index (χ0n) is 17.4. The molecule has 2 unspecified atom stereocenters. The lowest BCUT2D eigenvalue weighted by molar-refractivity contribution is -0.151. The monoisotopic (exact) mass is 482 g/mol. The Balaban J connectivity index is 1.45. The van der Waals surface area contributed by atoms with Gasteiger partial charge < -0.3 is 15.0 Å². The molecule has 31 heavy (non-hydrogen) atoms. The number of rotatable bonds is 6. The van der Waals surface area contributed by atoms with E-state index in [2.05, 4.69) is 21.2 Å². The lowest BCUT2D eigenvalue weighted by Crippen LogP contribution is -2.57. The van der Waals surface area contributed by atoms with Crippen LogP contribution in [0.5, 0.6) is 0 Å². The van der Waals surface area contributed by atoms with Gasteiger partial charge in [-0.3, -0.25) is 9.59 Å². The Morgan fingerprint density at radius 1 is 1.10 bits per heavy atom. The minimum absolute atomic E-state index is 0.0440. The molecule has 0 aromatic heterocycles. The van der Waals surface area contributed by atoms with E-state index in [1.807, 2.05) is 54.6 Å². The number of morpholine rings is 1. The number of halogens is 1. The molecule has 6 heteroatoms. The average molecular weight is 483 g/mol. The fraction of sp³-hybridized carbons (Fsp3) is 0.360. The number of hydrogen-bond donors (Lipinski definition) is 1. The van der Waals surface area contributed by atoms with E-state index in [4.69, 9.17) is 4.74 Å². The highest BCUT2D eigenvalue weighted by molar-refractivity contribution is 9.10. The summed E-state index contributed by atoms with van der Waals surface area (Å²) in [7, 11) is 0. The summed E-state index contributed by atoms with van der Waals surface area (Å²) in [6.45, 7) is 0.612. The molecule has 2 atom stereocenters. The largest absolute Gasteiger partial charge is 0.482 e. The number of amides is 2. The Kier molecular flexibility index (Phi) is 7.07. The summed E-state index contributed by atoms with van der Waals surface area (Å²) in [5.74, 6) is -0.0278. The summed E-state index contributed by atoms with van der Waals surface area (Å²) in [6, 6.07) is 17.7. The van der Waals surface area contributed by atoms with Crippen molar-refractivity contribution in [2.45, 2.75) is 44.2 Å². The third-order valence-electron chi connectivity index (χ3n) is 5.90. The Bertz CT molecular complexity index is 960. The van der Waals surface area contributed by atoms with E-state index in [1.165, 1.54) is 5.56 Å². The first-order chi connectivity index (χ1) is 15.1. The molecule has 1 heterocycles. The number of nitrogens with zero attached hydrogens (tertiary/aromatic N) is 1. The van der Waals surface area contributed by atoms with Gasteiger partial charge in [-0.05, 0) is 49.0 Å². The molecule has 162 valence electrons. The first kappa shape index (κ1) is 21.6. The SMILES string of the molecule is O=C(CN1C(=O)/C(=C\c2ccccc2Br)OC2CCCCC21)NCCc1ccccc1. The van der Waals surface area contributed by atoms with Gasteiger partial charge in [-0.2, -0.15) is 0 Å². The maximum atomic E-state index is 13.3. The number of carbonyl (C=O) groups is 2. The lowest BCUT2D eigenvalue weighted by Gasteiger charge is -2.44. The van der Waals surface area contributed by atoms with Gasteiger partial charge in [0.05, 0.1) is 6.04 Å². The summed E-state index contributed by atoms with van der Waals surface area (Å²) in [5, 5.41) is 2.97. The van der Waals surface area contributed by atoms with E-state index >= 15 is 0 Å². The molecule has 4 rings (SSSR count). The second-order valence-electron chi connectivity index (χ2n) is 8.06. The Morgan fingerprint density at radius 2 is 1.84 bits per heavy atom. The molecule has 0 bridgehead atoms. The van der Waals surface area contributed by atoms with Crippen LogP contribution in [0.15, 0.2) is 64.8 Å². The highest BCUT2D eigenvalue weighted by Crippen LogP contribution is 2.33. The number of nitrogens with one attached hydrogen (secondary N) is 1. The second-order valence-corrected chi connectivity index (χ2v) is 8.91. The molecule has 2 aromatic carbocycles. The second kappa shape index (κ2) is 10.1. The number of benzene rings is 2. The highest BCUT2D eigenvalue weighted by Gasteiger charge is 2.42. The number of hydrogen-bond acceptors (Lipinski definition) is 3. The van der Waals surface area contributed by atoms with Crippen LogP contribution in [0, 0.1) is 0 Å². The van der Waals surface area contributed by atoms with Gasteiger partial charge in [0.2, 0.25) is 5.91 Å². The number of ether oxygens (including phenoxy) is 1. The van der Waals surface area contributed by atoms with Crippen molar-refractivity contribution in [2.24, 2.45) is 0 Å². The number of fused-ring (bicyclic) bond motifs is 1. The van der Waals surface area contributed by atoms with Gasteiger partial charge in [-0.25, -0.2) is 0 Å². The summed E-state index contributed by atoms with van der Waals surface area (Å²) in [5.41, 5.74) is 2.06. The van der Waals surface area contributed by atoms with Gasteiger partial charge in [0.25, 0.3) is 5.91 Å². The summed E-state index contributed by atoms with van der Waals surface area (Å²) >= 11 is 3.53. The third kappa shape index (κ3) is 5.37. The standard InChI is InChI=1S/C25H27BrN2O3/c26-20-11-5-4-10-19(20)16-23-25(30)28(21-12-6-7-13-22(21)31-23)17-24(29)27-15-14-18-8-2-1-3-9-18/h1-5,8-11,16,21-22H,6-7,12-15,17H2,(H,27,29)/b23-16+. The lowest BCUT2D eigenvalue weighted by atomic mass is 9.89. The molecule has 1 saturated heterocycles. The van der Waals surface area contributed by atoms with Gasteiger partial charge in [-0.15, -0.1) is 0 Å². The fourth-order valence-electron chi connectivity index (χ4n) is 4.30. The predicted molar refractivity (Wildman–Crippen MR) is 124 cm³/mol. The molecule has 0 radical (unpaired) electrons. The molecule has 2 amide bonds. The Morgan fingerprint density at radius 3 is 2.65 bits per heavy atom. The van der Waals surface area contributed by atoms with Crippen molar-refractivity contribution in [1.29, 1.82) is 0 Å². The zero-order valence-corrected chi connectivity index (χ0v) is 19.0. The van der Waals surface area contributed by atoms with Crippen molar-refractivity contribution in [3.05, 3.63) is 76.0 Å². The van der Waals surface area contributed by atoms with E-state index in [-0.39, 0.29) is 30.5 Å². The van der Waals surface area contributed by atoms with Crippen molar-refractivity contribution in [2.75, 3.05) is 13.1 Å². The van der Waals surface area contributed by atoms with Crippen LogP contribution in [0.4, 0.5) is 0 Å². The summed E-state index contributed by atoms with van der Waals surface area (Å²) in [4.78, 5) is 27.6. The van der Waals surface area contributed by atoms with Gasteiger partial charge in [-0.1, -0.05) is 70.9 Å². The zero-order chi connectivity index (χ0) is 21.6. The maximum Gasteiger partial charge on any atom is 0.289 e. The van der Waals surface area contributed by atoms with Gasteiger partial charge in [0.15, 0.2) is 5.76 Å². The van der Waals surface area contributed by atoms with E-state index < -0.39 is 0 Å². The topological polar surface area (TPSA) is 58.6 Å². The molecular formula is C25H27BrN2O3. The summed E-state index contributed by atoms with van der Waals surface area (Å²) < 4.78 is 7.03. The van der Waals surface area contributed by atoms with Gasteiger partial charge in [0, 0.05) is 11.0 Å². The fourth-order valence-corrected chi connectivity index (χ4v) is 4.70. The van der Waals surface area contributed by atoms with Crippen LogP contribution in [-0.2, 0) is 20.7 Å². The number of carbonyl (C=O) groups excluding carboxylic acids is 2. The van der Waals surface area contributed by atoms with Crippen LogP contribution in [0.3, 0.4) is 0 Å². The van der Waals surface area contributed by atoms with Gasteiger partial charge in [0.1, 0.15) is 12.6 Å². The predicted octanol–water partition coefficient (Wildman–Crippen LogP) is 4.32. The Hall–Kier alpha value is -2.60. The quantitative estimate of drug-likeness (QED) is 0.623. The Labute approximate surface area is 191 Å². The van der Waals surface area contributed by atoms with Crippen LogP contribution in [0.2, 0.25) is 0 Å². The van der Waals surface area contributed by atoms with Crippen molar-refractivity contribution in [3.63, 3.8) is 0 Å². The first-order valence-electron chi connectivity index (χ1n) is 10.9. The normalized spacial score (nSPS) is 22.0. The van der Waals surface area contributed by atoms with E-state index in [1.54, 1.807) is 11.0 Å². The minimum Gasteiger partial charge on any atom is -0.482 e. The molecule has 2 aromatic rings. The average Bonchev–Trinajstić information content (AvgIpc) is 2.79. The highest BCUT2D eigenvalue weighted by atomic mass is 79.9. The molecule has 5 nitrogen and oxygen atoms in total. The van der Waals surface area contributed by atoms with Crippen LogP contribution >= 0.6 is 15.9 Å². The molecule has 2 aliphatic rings. The third-order valence-corrected chi connectivity index (χ3v) is 6.62. The maximum absolute atomic E-state index is 13.3. The van der Waals surface area contributed by atoms with Crippen molar-refractivity contribution in [3.8, 4) is 0 Å². The minimum atomic E-state index is -0.211. The van der Waals surface area contributed by atoms with Crippen LogP contribution in [0.25, 0.3) is 6.08 Å². The molecule has 2 fully saturated rings. The van der Waals surface area contributed by atoms with Crippen molar-refractivity contribution >= 4 is 33.8 Å². The van der Waals surface area contributed by atoms with E-state index in [9.17, 15) is 9.59 Å². The smallest absolute Gasteiger partial charge is 0.289 e. The van der Waals surface area contributed by atoms with Crippen molar-refractivity contribution in [1.82, 2.24) is 10.2 Å². The van der Waals surface area contributed by atoms with E-state index in [0.29, 0.717) is 12.3 Å². The molecule has 1 aliphatic carbocycles. The molecule has 1 saturated carbocycles.